The molecular formula is C14H13ClN4OS. The fourth-order valence-corrected chi connectivity index (χ4v) is 2.36. The molecule has 0 spiro atoms. The molecule has 1 aromatic carbocycles. The maximum atomic E-state index is 5.88. The van der Waals surface area contributed by atoms with Crippen molar-refractivity contribution in [2.75, 3.05) is 12.0 Å². The third-order valence-electron chi connectivity index (χ3n) is 2.77. The van der Waals surface area contributed by atoms with Gasteiger partial charge in [0.1, 0.15) is 5.75 Å². The van der Waals surface area contributed by atoms with Crippen molar-refractivity contribution in [3.05, 3.63) is 42.9 Å². The number of halogens is 1. The van der Waals surface area contributed by atoms with Gasteiger partial charge in [0.25, 0.3) is 0 Å². The van der Waals surface area contributed by atoms with Crippen LogP contribution >= 0.6 is 24.2 Å². The summed E-state index contributed by atoms with van der Waals surface area (Å²) in [6.45, 7) is 0. The van der Waals surface area contributed by atoms with Gasteiger partial charge >= 0.3 is 0 Å². The molecule has 0 fully saturated rings. The largest absolute Gasteiger partial charge is 0.455 e. The Balaban J connectivity index is 0.00000161. The third-order valence-corrected chi connectivity index (χ3v) is 3.56. The van der Waals surface area contributed by atoms with Crippen LogP contribution in [0.1, 0.15) is 0 Å². The second kappa shape index (κ2) is 6.60. The lowest BCUT2D eigenvalue weighted by molar-refractivity contribution is 0.485. The van der Waals surface area contributed by atoms with Crippen LogP contribution in [-0.2, 0) is 0 Å². The van der Waals surface area contributed by atoms with Crippen LogP contribution in [0.25, 0.3) is 11.2 Å². The molecule has 0 bridgehead atoms. The van der Waals surface area contributed by atoms with E-state index in [1.807, 2.05) is 24.5 Å². The van der Waals surface area contributed by atoms with Gasteiger partial charge in [0.15, 0.2) is 16.9 Å². The number of nitrogen functional groups attached to an aromatic ring is 1. The Morgan fingerprint density at radius 1 is 1.05 bits per heavy atom. The van der Waals surface area contributed by atoms with E-state index in [1.54, 1.807) is 36.4 Å². The van der Waals surface area contributed by atoms with E-state index in [0.29, 0.717) is 22.7 Å². The first kappa shape index (κ1) is 15.3. The Kier molecular flexibility index (Phi) is 4.82. The van der Waals surface area contributed by atoms with Gasteiger partial charge in [0, 0.05) is 35.2 Å². The molecule has 108 valence electrons. The van der Waals surface area contributed by atoms with Crippen molar-refractivity contribution in [2.24, 2.45) is 0 Å². The predicted octanol–water partition coefficient (Wildman–Crippen LogP) is 3.54. The minimum atomic E-state index is 0. The summed E-state index contributed by atoms with van der Waals surface area (Å²) >= 11 is 1.58. The smallest absolute Gasteiger partial charge is 0.182 e. The second-order valence-corrected chi connectivity index (χ2v) is 4.89. The topological polar surface area (TPSA) is 73.9 Å². The van der Waals surface area contributed by atoms with Gasteiger partial charge in [-0.05, 0) is 24.5 Å². The van der Waals surface area contributed by atoms with Gasteiger partial charge in [-0.1, -0.05) is 0 Å². The molecule has 3 aromatic rings. The molecule has 2 heterocycles. The van der Waals surface area contributed by atoms with Crippen LogP contribution < -0.4 is 10.5 Å². The van der Waals surface area contributed by atoms with Crippen molar-refractivity contribution in [3.8, 4) is 11.5 Å². The SMILES string of the molecule is CSc1cc(Oc2ccnc3nccnc23)ccc1N.Cl. The molecule has 21 heavy (non-hydrogen) atoms. The number of rotatable bonds is 3. The second-order valence-electron chi connectivity index (χ2n) is 4.04. The average molecular weight is 321 g/mol. The summed E-state index contributed by atoms with van der Waals surface area (Å²) in [5.74, 6) is 1.33. The molecule has 0 saturated heterocycles. The highest BCUT2D eigenvalue weighted by Crippen LogP contribution is 2.31. The highest BCUT2D eigenvalue weighted by Gasteiger charge is 2.07. The number of hydrogen-bond acceptors (Lipinski definition) is 6. The summed E-state index contributed by atoms with van der Waals surface area (Å²) in [5, 5.41) is 0. The van der Waals surface area contributed by atoms with Crippen molar-refractivity contribution >= 4 is 41.0 Å². The predicted molar refractivity (Wildman–Crippen MR) is 87.3 cm³/mol. The Morgan fingerprint density at radius 2 is 1.81 bits per heavy atom. The minimum Gasteiger partial charge on any atom is -0.455 e. The average Bonchev–Trinajstić information content (AvgIpc) is 2.49. The molecule has 0 amide bonds. The van der Waals surface area contributed by atoms with Gasteiger partial charge in [0.2, 0.25) is 0 Å². The van der Waals surface area contributed by atoms with E-state index in [2.05, 4.69) is 15.0 Å². The van der Waals surface area contributed by atoms with Crippen LogP contribution in [0.5, 0.6) is 11.5 Å². The quantitative estimate of drug-likeness (QED) is 0.587. The number of pyridine rings is 1. The van der Waals surface area contributed by atoms with Crippen LogP contribution in [0.3, 0.4) is 0 Å². The Hall–Kier alpha value is -2.05. The van der Waals surface area contributed by atoms with Crippen LogP contribution in [0, 0.1) is 0 Å². The Bertz CT molecular complexity index is 764. The zero-order valence-corrected chi connectivity index (χ0v) is 12.8. The number of thioether (sulfide) groups is 1. The molecular weight excluding hydrogens is 308 g/mol. The van der Waals surface area contributed by atoms with Gasteiger partial charge in [-0.15, -0.1) is 24.2 Å². The lowest BCUT2D eigenvalue weighted by Crippen LogP contribution is -1.93. The first-order valence-electron chi connectivity index (χ1n) is 5.95. The van der Waals surface area contributed by atoms with Gasteiger partial charge in [-0.3, -0.25) is 0 Å². The maximum Gasteiger partial charge on any atom is 0.182 e. The first-order valence-corrected chi connectivity index (χ1v) is 7.17. The number of hydrogen-bond donors (Lipinski definition) is 1. The molecule has 0 atom stereocenters. The Labute approximate surface area is 132 Å². The molecule has 0 aliphatic rings. The zero-order chi connectivity index (χ0) is 13.9. The number of aromatic nitrogens is 3. The standard InChI is InChI=1S/C14H12N4OS.ClH/c1-20-12-8-9(2-3-10(12)15)19-11-4-5-17-14-13(11)16-6-7-18-14;/h2-8H,15H2,1H3;1H. The van der Waals surface area contributed by atoms with Crippen molar-refractivity contribution in [1.82, 2.24) is 15.0 Å². The van der Waals surface area contributed by atoms with E-state index >= 15 is 0 Å². The van der Waals surface area contributed by atoms with Crippen LogP contribution in [0.2, 0.25) is 0 Å². The van der Waals surface area contributed by atoms with E-state index in [-0.39, 0.29) is 12.4 Å². The van der Waals surface area contributed by atoms with Gasteiger partial charge in [-0.25, -0.2) is 15.0 Å². The molecule has 0 saturated carbocycles. The van der Waals surface area contributed by atoms with E-state index in [0.717, 1.165) is 10.6 Å². The summed E-state index contributed by atoms with van der Waals surface area (Å²) < 4.78 is 5.88. The number of anilines is 1. The van der Waals surface area contributed by atoms with Crippen molar-refractivity contribution in [1.29, 1.82) is 0 Å². The van der Waals surface area contributed by atoms with Crippen LogP contribution in [-0.4, -0.2) is 21.2 Å². The first-order chi connectivity index (χ1) is 9.78. The van der Waals surface area contributed by atoms with Gasteiger partial charge < -0.3 is 10.5 Å². The number of fused-ring (bicyclic) bond motifs is 1. The molecule has 0 unspecified atom stereocenters. The number of ether oxygens (including phenoxy) is 1. The summed E-state index contributed by atoms with van der Waals surface area (Å²) in [7, 11) is 0. The molecule has 2 N–H and O–H groups in total. The highest BCUT2D eigenvalue weighted by molar-refractivity contribution is 7.98. The molecule has 7 heteroatoms. The highest BCUT2D eigenvalue weighted by atomic mass is 35.5. The summed E-state index contributed by atoms with van der Waals surface area (Å²) in [4.78, 5) is 13.5. The van der Waals surface area contributed by atoms with E-state index in [4.69, 9.17) is 10.5 Å². The third kappa shape index (κ3) is 3.17. The number of nitrogens with two attached hydrogens (primary N) is 1. The van der Waals surface area contributed by atoms with Crippen LogP contribution in [0.4, 0.5) is 5.69 Å². The molecule has 0 radical (unpaired) electrons. The zero-order valence-electron chi connectivity index (χ0n) is 11.2. The number of benzene rings is 1. The number of nitrogens with zero attached hydrogens (tertiary/aromatic N) is 3. The fraction of sp³-hybridized carbons (Fsp3) is 0.0714. The summed E-state index contributed by atoms with van der Waals surface area (Å²) in [6.07, 6.45) is 6.85. The van der Waals surface area contributed by atoms with Gasteiger partial charge in [-0.2, -0.15) is 0 Å². The van der Waals surface area contributed by atoms with Crippen molar-refractivity contribution in [2.45, 2.75) is 4.90 Å². The maximum absolute atomic E-state index is 5.88. The van der Waals surface area contributed by atoms with E-state index in [1.165, 1.54) is 0 Å². The van der Waals surface area contributed by atoms with Crippen molar-refractivity contribution < 1.29 is 4.74 Å². The monoisotopic (exact) mass is 320 g/mol. The fourth-order valence-electron chi connectivity index (χ4n) is 1.82. The minimum absolute atomic E-state index is 0. The molecule has 2 aromatic heterocycles. The van der Waals surface area contributed by atoms with Crippen molar-refractivity contribution in [3.63, 3.8) is 0 Å². The lowest BCUT2D eigenvalue weighted by atomic mass is 10.3. The lowest BCUT2D eigenvalue weighted by Gasteiger charge is -2.09. The van der Waals surface area contributed by atoms with E-state index in [9.17, 15) is 0 Å². The normalized spacial score (nSPS) is 10.1. The molecule has 3 rings (SSSR count). The Morgan fingerprint density at radius 3 is 2.62 bits per heavy atom. The van der Waals surface area contributed by atoms with Gasteiger partial charge in [0.05, 0.1) is 0 Å². The van der Waals surface area contributed by atoms with Crippen LogP contribution in [0.15, 0.2) is 47.8 Å². The van der Waals surface area contributed by atoms with E-state index < -0.39 is 0 Å². The summed E-state index contributed by atoms with van der Waals surface area (Å²) in [6, 6.07) is 7.34. The molecule has 5 nitrogen and oxygen atoms in total. The molecule has 0 aliphatic carbocycles. The summed E-state index contributed by atoms with van der Waals surface area (Å²) in [5.41, 5.74) is 7.81. The molecule has 0 aliphatic heterocycles.